The maximum Gasteiger partial charge on any atom is 0.164 e. The molecule has 3 heterocycles. The lowest BCUT2D eigenvalue weighted by Gasteiger charge is -2.08. The Balaban J connectivity index is 1.68. The molecule has 0 bridgehead atoms. The molecule has 122 valence electrons. The number of nitrogens with zero attached hydrogens (tertiary/aromatic N) is 3. The van der Waals surface area contributed by atoms with E-state index in [1.807, 2.05) is 18.3 Å². The number of fused-ring (bicyclic) bond motifs is 3. The first-order valence-corrected chi connectivity index (χ1v) is 9.30. The number of thiophene rings is 1. The summed E-state index contributed by atoms with van der Waals surface area (Å²) in [6.45, 7) is 3.23. The van der Waals surface area contributed by atoms with Crippen molar-refractivity contribution in [2.75, 3.05) is 0 Å². The fraction of sp³-hybridized carbons (Fsp3) is 0.368. The van der Waals surface area contributed by atoms with E-state index in [1.54, 1.807) is 4.88 Å². The van der Waals surface area contributed by atoms with Gasteiger partial charge in [0.2, 0.25) is 0 Å². The molecule has 1 aliphatic heterocycles. The van der Waals surface area contributed by atoms with E-state index in [1.165, 1.54) is 34.5 Å². The van der Waals surface area contributed by atoms with Crippen molar-refractivity contribution in [1.82, 2.24) is 14.8 Å². The van der Waals surface area contributed by atoms with Crippen LogP contribution in [0.1, 0.15) is 52.0 Å². The van der Waals surface area contributed by atoms with Crippen molar-refractivity contribution in [3.8, 4) is 5.00 Å². The number of rotatable bonds is 3. The second-order valence-electron chi connectivity index (χ2n) is 6.66. The fourth-order valence-corrected chi connectivity index (χ4v) is 5.08. The Morgan fingerprint density at radius 3 is 2.79 bits per heavy atom. The lowest BCUT2D eigenvalue weighted by molar-refractivity contribution is 0.104. The van der Waals surface area contributed by atoms with Gasteiger partial charge in [-0.1, -0.05) is 30.3 Å². The van der Waals surface area contributed by atoms with E-state index in [0.717, 1.165) is 24.0 Å². The molecule has 1 saturated carbocycles. The van der Waals surface area contributed by atoms with Crippen LogP contribution < -0.4 is 0 Å². The molecular weight excluding hydrogens is 318 g/mol. The van der Waals surface area contributed by atoms with Crippen LogP contribution in [0.3, 0.4) is 0 Å². The molecule has 0 spiro atoms. The van der Waals surface area contributed by atoms with E-state index in [-0.39, 0.29) is 0 Å². The zero-order chi connectivity index (χ0) is 16.1. The molecule has 24 heavy (non-hydrogen) atoms. The average Bonchev–Trinajstić information content (AvgIpc) is 3.33. The second-order valence-corrected chi connectivity index (χ2v) is 7.69. The summed E-state index contributed by atoms with van der Waals surface area (Å²) in [4.78, 5) is 1.55. The molecule has 0 unspecified atom stereocenters. The Hall–Kier alpha value is -1.98. The van der Waals surface area contributed by atoms with Gasteiger partial charge in [0, 0.05) is 10.4 Å². The van der Waals surface area contributed by atoms with E-state index in [4.69, 9.17) is 4.74 Å². The molecular formula is C19H19N3OS. The SMILES string of the molecule is Cc1nnc2n1-c1sc(C3CC3)c(Cc3ccccc3)c1COC2. The van der Waals surface area contributed by atoms with Crippen LogP contribution in [0, 0.1) is 6.92 Å². The van der Waals surface area contributed by atoms with Crippen molar-refractivity contribution in [2.45, 2.75) is 45.3 Å². The molecule has 0 amide bonds. The van der Waals surface area contributed by atoms with E-state index >= 15 is 0 Å². The first kappa shape index (κ1) is 14.4. The number of hydrogen-bond donors (Lipinski definition) is 0. The summed E-state index contributed by atoms with van der Waals surface area (Å²) < 4.78 is 8.14. The summed E-state index contributed by atoms with van der Waals surface area (Å²) in [6.07, 6.45) is 3.62. The third-order valence-electron chi connectivity index (χ3n) is 4.87. The fourth-order valence-electron chi connectivity index (χ4n) is 3.51. The van der Waals surface area contributed by atoms with E-state index in [0.29, 0.717) is 13.2 Å². The van der Waals surface area contributed by atoms with Gasteiger partial charge in [0.1, 0.15) is 17.4 Å². The summed E-state index contributed by atoms with van der Waals surface area (Å²) in [7, 11) is 0. The van der Waals surface area contributed by atoms with Gasteiger partial charge in [-0.15, -0.1) is 21.5 Å². The standard InChI is InChI=1S/C19H19N3OS/c1-12-20-21-17-11-23-10-16-15(9-13-5-3-2-4-6-13)18(14-7-8-14)24-19(16)22(12)17/h2-6,14H,7-11H2,1H3. The third-order valence-corrected chi connectivity index (χ3v) is 6.29. The lowest BCUT2D eigenvalue weighted by Crippen LogP contribution is -2.00. The highest BCUT2D eigenvalue weighted by Crippen LogP contribution is 2.49. The smallest absolute Gasteiger partial charge is 0.164 e. The summed E-state index contributed by atoms with van der Waals surface area (Å²) >= 11 is 1.93. The van der Waals surface area contributed by atoms with Gasteiger partial charge in [0.25, 0.3) is 0 Å². The van der Waals surface area contributed by atoms with Crippen molar-refractivity contribution in [3.05, 3.63) is 63.5 Å². The van der Waals surface area contributed by atoms with Crippen LogP contribution in [0.15, 0.2) is 30.3 Å². The zero-order valence-corrected chi connectivity index (χ0v) is 14.5. The maximum absolute atomic E-state index is 5.94. The highest BCUT2D eigenvalue weighted by atomic mass is 32.1. The molecule has 2 aliphatic rings. The van der Waals surface area contributed by atoms with Gasteiger partial charge in [-0.3, -0.25) is 4.57 Å². The van der Waals surface area contributed by atoms with E-state index in [2.05, 4.69) is 45.1 Å². The largest absolute Gasteiger partial charge is 0.369 e. The van der Waals surface area contributed by atoms with Crippen LogP contribution in [-0.2, 0) is 24.4 Å². The van der Waals surface area contributed by atoms with E-state index < -0.39 is 0 Å². The monoisotopic (exact) mass is 337 g/mol. The number of aryl methyl sites for hydroxylation is 1. The zero-order valence-electron chi connectivity index (χ0n) is 13.7. The van der Waals surface area contributed by atoms with Crippen molar-refractivity contribution < 1.29 is 4.74 Å². The van der Waals surface area contributed by atoms with Crippen LogP contribution in [0.5, 0.6) is 0 Å². The molecule has 5 rings (SSSR count). The molecule has 3 aromatic rings. The molecule has 0 N–H and O–H groups in total. The molecule has 4 nitrogen and oxygen atoms in total. The van der Waals surface area contributed by atoms with Crippen molar-refractivity contribution >= 4 is 11.3 Å². The average molecular weight is 337 g/mol. The Kier molecular flexibility index (Phi) is 3.31. The highest BCUT2D eigenvalue weighted by Gasteiger charge is 2.33. The van der Waals surface area contributed by atoms with Gasteiger partial charge in [-0.2, -0.15) is 0 Å². The predicted molar refractivity (Wildman–Crippen MR) is 93.7 cm³/mol. The van der Waals surface area contributed by atoms with Crippen molar-refractivity contribution in [2.24, 2.45) is 0 Å². The van der Waals surface area contributed by atoms with E-state index in [9.17, 15) is 0 Å². The first-order chi connectivity index (χ1) is 11.8. The highest BCUT2D eigenvalue weighted by molar-refractivity contribution is 7.15. The summed E-state index contributed by atoms with van der Waals surface area (Å²) in [5.74, 6) is 2.61. The molecule has 0 atom stereocenters. The second kappa shape index (κ2) is 5.53. The molecule has 0 saturated heterocycles. The molecule has 0 radical (unpaired) electrons. The molecule has 1 fully saturated rings. The minimum Gasteiger partial charge on any atom is -0.369 e. The Labute approximate surface area is 145 Å². The molecule has 1 aromatic carbocycles. The van der Waals surface area contributed by atoms with Gasteiger partial charge >= 0.3 is 0 Å². The van der Waals surface area contributed by atoms with Gasteiger partial charge in [0.15, 0.2) is 5.82 Å². The Bertz CT molecular complexity index is 893. The van der Waals surface area contributed by atoms with Crippen molar-refractivity contribution in [3.63, 3.8) is 0 Å². The van der Waals surface area contributed by atoms with Crippen LogP contribution in [0.2, 0.25) is 0 Å². The number of aromatic nitrogens is 3. The summed E-state index contributed by atoms with van der Waals surface area (Å²) in [6, 6.07) is 10.8. The quantitative estimate of drug-likeness (QED) is 0.721. The number of ether oxygens (including phenoxy) is 1. The summed E-state index contributed by atoms with van der Waals surface area (Å²) in [5, 5.41) is 9.83. The number of hydrogen-bond acceptors (Lipinski definition) is 4. The Morgan fingerprint density at radius 1 is 1.17 bits per heavy atom. The lowest BCUT2D eigenvalue weighted by atomic mass is 10.00. The maximum atomic E-state index is 5.94. The van der Waals surface area contributed by atoms with Crippen LogP contribution >= 0.6 is 11.3 Å². The van der Waals surface area contributed by atoms with Crippen molar-refractivity contribution in [1.29, 1.82) is 0 Å². The first-order valence-electron chi connectivity index (χ1n) is 8.48. The third kappa shape index (κ3) is 2.31. The summed E-state index contributed by atoms with van der Waals surface area (Å²) in [5.41, 5.74) is 4.18. The van der Waals surface area contributed by atoms with Crippen LogP contribution in [0.4, 0.5) is 0 Å². The minimum atomic E-state index is 0.534. The minimum absolute atomic E-state index is 0.534. The van der Waals surface area contributed by atoms with Gasteiger partial charge in [0.05, 0.1) is 6.61 Å². The molecule has 5 heteroatoms. The van der Waals surface area contributed by atoms with Gasteiger partial charge in [-0.25, -0.2) is 0 Å². The van der Waals surface area contributed by atoms with Crippen LogP contribution in [0.25, 0.3) is 5.00 Å². The normalized spacial score (nSPS) is 16.5. The molecule has 2 aromatic heterocycles. The van der Waals surface area contributed by atoms with Gasteiger partial charge < -0.3 is 4.74 Å². The van der Waals surface area contributed by atoms with Gasteiger partial charge in [-0.05, 0) is 43.2 Å². The van der Waals surface area contributed by atoms with Crippen LogP contribution in [-0.4, -0.2) is 14.8 Å². The topological polar surface area (TPSA) is 39.9 Å². The molecule has 1 aliphatic carbocycles. The predicted octanol–water partition coefficient (Wildman–Crippen LogP) is 4.14. The number of benzene rings is 1. The Morgan fingerprint density at radius 2 is 2.00 bits per heavy atom.